The van der Waals surface area contributed by atoms with Gasteiger partial charge in [-0.1, -0.05) is 22.6 Å². The minimum absolute atomic E-state index is 0.0302. The van der Waals surface area contributed by atoms with Crippen molar-refractivity contribution in [1.29, 1.82) is 0 Å². The number of carbonyl (C=O) groups is 2. The topological polar surface area (TPSA) is 108 Å². The van der Waals surface area contributed by atoms with Crippen LogP contribution < -0.4 is 9.46 Å². The molecule has 0 radical (unpaired) electrons. The molecule has 1 unspecified atom stereocenters. The van der Waals surface area contributed by atoms with Crippen LogP contribution in [0.3, 0.4) is 0 Å². The van der Waals surface area contributed by atoms with Gasteiger partial charge in [-0.2, -0.15) is 0 Å². The summed E-state index contributed by atoms with van der Waals surface area (Å²) in [6.45, 7) is 0.109. The summed E-state index contributed by atoms with van der Waals surface area (Å²) in [4.78, 5) is 24.8. The Morgan fingerprint density at radius 3 is 2.07 bits per heavy atom. The van der Waals surface area contributed by atoms with Gasteiger partial charge >= 0.3 is 11.9 Å². The van der Waals surface area contributed by atoms with Gasteiger partial charge in [0.1, 0.15) is 5.75 Å². The summed E-state index contributed by atoms with van der Waals surface area (Å²) in [5.74, 6) is -0.967. The van der Waals surface area contributed by atoms with Crippen molar-refractivity contribution in [1.82, 2.24) is 4.72 Å². The van der Waals surface area contributed by atoms with E-state index >= 15 is 0 Å². The van der Waals surface area contributed by atoms with Gasteiger partial charge in [0.15, 0.2) is 5.41 Å². The Bertz CT molecular complexity index is 794. The number of esters is 2. The molecule has 0 amide bonds. The summed E-state index contributed by atoms with van der Waals surface area (Å²) >= 11 is 2.18. The number of halogens is 1. The van der Waals surface area contributed by atoms with E-state index in [4.69, 9.17) is 14.2 Å². The van der Waals surface area contributed by atoms with Crippen LogP contribution in [0.25, 0.3) is 0 Å². The van der Waals surface area contributed by atoms with E-state index in [-0.39, 0.29) is 36.1 Å². The van der Waals surface area contributed by atoms with Crippen LogP contribution in [0, 0.1) is 17.3 Å². The lowest BCUT2D eigenvalue weighted by Gasteiger charge is -2.23. The fraction of sp³-hybridized carbons (Fsp3) is 0.556. The summed E-state index contributed by atoms with van der Waals surface area (Å²) < 4.78 is 43.2. The van der Waals surface area contributed by atoms with Crippen molar-refractivity contribution in [3.05, 3.63) is 24.3 Å². The third kappa shape index (κ3) is 4.60. The number of nitrogens with one attached hydrogen (secondary N) is 1. The van der Waals surface area contributed by atoms with E-state index in [2.05, 4.69) is 27.3 Å². The predicted molar refractivity (Wildman–Crippen MR) is 110 cm³/mol. The second-order valence-electron chi connectivity index (χ2n) is 6.68. The summed E-state index contributed by atoms with van der Waals surface area (Å²) in [7, 11) is 0.223. The molecule has 10 heteroatoms. The molecule has 1 aliphatic rings. The largest absolute Gasteiger partial charge is 0.497 e. The number of ether oxygens (including phenoxy) is 3. The Hall–Kier alpha value is -1.40. The molecule has 0 aliphatic heterocycles. The van der Waals surface area contributed by atoms with Crippen molar-refractivity contribution in [2.75, 3.05) is 32.3 Å². The number of benzene rings is 1. The van der Waals surface area contributed by atoms with Crippen LogP contribution >= 0.6 is 22.6 Å². The van der Waals surface area contributed by atoms with E-state index in [1.165, 1.54) is 33.5 Å². The molecule has 1 N–H and O–H groups in total. The Labute approximate surface area is 178 Å². The van der Waals surface area contributed by atoms with Gasteiger partial charge in [-0.05, 0) is 48.9 Å². The predicted octanol–water partition coefficient (Wildman–Crippen LogP) is 1.77. The molecule has 2 rings (SSSR count). The van der Waals surface area contributed by atoms with Crippen LogP contribution in [-0.4, -0.2) is 52.7 Å². The average Bonchev–Trinajstić information content (AvgIpc) is 3.11. The van der Waals surface area contributed by atoms with E-state index in [0.29, 0.717) is 10.2 Å². The van der Waals surface area contributed by atoms with Crippen LogP contribution in [0.2, 0.25) is 0 Å². The molecule has 2 atom stereocenters. The van der Waals surface area contributed by atoms with Gasteiger partial charge in [0.2, 0.25) is 10.0 Å². The van der Waals surface area contributed by atoms with Crippen LogP contribution in [0.15, 0.2) is 29.2 Å². The summed E-state index contributed by atoms with van der Waals surface area (Å²) in [5.41, 5.74) is -1.39. The zero-order chi connectivity index (χ0) is 20.9. The average molecular weight is 525 g/mol. The summed E-state index contributed by atoms with van der Waals surface area (Å²) in [6.07, 6.45) is 0.440. The molecule has 0 aromatic heterocycles. The molecule has 0 spiro atoms. The van der Waals surface area contributed by atoms with Crippen molar-refractivity contribution in [3.63, 3.8) is 0 Å². The first-order chi connectivity index (χ1) is 13.2. The van der Waals surface area contributed by atoms with Crippen molar-refractivity contribution in [3.8, 4) is 5.75 Å². The van der Waals surface area contributed by atoms with E-state index in [9.17, 15) is 18.0 Å². The lowest BCUT2D eigenvalue weighted by atomic mass is 9.85. The number of hydrogen-bond donors (Lipinski definition) is 1. The molecule has 1 fully saturated rings. The smallest absolute Gasteiger partial charge is 0.323 e. The summed E-state index contributed by atoms with van der Waals surface area (Å²) in [6, 6.07) is 6.05. The zero-order valence-electron chi connectivity index (χ0n) is 15.9. The standard InChI is InChI=1S/C18H24INO7S/c1-25-14-4-6-15(7-5-14)28(23,24)20-11-13-9-18(16(21)26-2,17(22)27-3)8-12(13)10-19/h4-7,12-13,20H,8-11H2,1-3H3/t12-,13?/m0/s1. The first kappa shape index (κ1) is 22.9. The Kier molecular flexibility index (Phi) is 7.68. The molecule has 0 bridgehead atoms. The first-order valence-corrected chi connectivity index (χ1v) is 11.6. The molecule has 1 aliphatic carbocycles. The highest BCUT2D eigenvalue weighted by atomic mass is 127. The zero-order valence-corrected chi connectivity index (χ0v) is 18.9. The maximum Gasteiger partial charge on any atom is 0.323 e. The highest BCUT2D eigenvalue weighted by Crippen LogP contribution is 2.48. The fourth-order valence-electron chi connectivity index (χ4n) is 3.59. The van der Waals surface area contributed by atoms with E-state index in [0.717, 1.165) is 0 Å². The van der Waals surface area contributed by atoms with Crippen molar-refractivity contribution >= 4 is 44.6 Å². The van der Waals surface area contributed by atoms with Crippen LogP contribution in [-0.2, 0) is 29.1 Å². The minimum Gasteiger partial charge on any atom is -0.497 e. The molecule has 1 saturated carbocycles. The molecule has 8 nitrogen and oxygen atoms in total. The minimum atomic E-state index is -3.73. The molecule has 28 heavy (non-hydrogen) atoms. The second kappa shape index (κ2) is 9.40. The number of hydrogen-bond acceptors (Lipinski definition) is 7. The fourth-order valence-corrected chi connectivity index (χ4v) is 5.72. The van der Waals surface area contributed by atoms with Crippen molar-refractivity contribution in [2.45, 2.75) is 17.7 Å². The number of alkyl halides is 1. The first-order valence-electron chi connectivity index (χ1n) is 8.60. The molecule has 156 valence electrons. The normalized spacial score (nSPS) is 21.1. The Balaban J connectivity index is 2.17. The maximum absolute atomic E-state index is 12.6. The van der Waals surface area contributed by atoms with E-state index in [1.54, 1.807) is 12.1 Å². The molecule has 1 aromatic carbocycles. The van der Waals surface area contributed by atoms with E-state index in [1.807, 2.05) is 0 Å². The van der Waals surface area contributed by atoms with Gasteiger partial charge in [-0.15, -0.1) is 0 Å². The highest BCUT2D eigenvalue weighted by Gasteiger charge is 2.56. The van der Waals surface area contributed by atoms with Gasteiger partial charge in [0.05, 0.1) is 26.2 Å². The number of methoxy groups -OCH3 is 3. The van der Waals surface area contributed by atoms with Gasteiger partial charge in [-0.25, -0.2) is 13.1 Å². The number of sulfonamides is 1. The van der Waals surface area contributed by atoms with Crippen molar-refractivity contribution in [2.24, 2.45) is 17.3 Å². The van der Waals surface area contributed by atoms with E-state index < -0.39 is 27.4 Å². The molecular weight excluding hydrogens is 501 g/mol. The third-order valence-corrected chi connectivity index (χ3v) is 7.71. The monoisotopic (exact) mass is 525 g/mol. The van der Waals surface area contributed by atoms with Crippen molar-refractivity contribution < 1.29 is 32.2 Å². The maximum atomic E-state index is 12.6. The lowest BCUT2D eigenvalue weighted by molar-refractivity contribution is -0.169. The third-order valence-electron chi connectivity index (χ3n) is 5.14. The van der Waals surface area contributed by atoms with Gasteiger partial charge in [0, 0.05) is 11.0 Å². The highest BCUT2D eigenvalue weighted by molar-refractivity contribution is 14.1. The quantitative estimate of drug-likeness (QED) is 0.239. The molecule has 0 heterocycles. The van der Waals surface area contributed by atoms with Gasteiger partial charge in [0.25, 0.3) is 0 Å². The Morgan fingerprint density at radius 2 is 1.61 bits per heavy atom. The number of rotatable bonds is 8. The second-order valence-corrected chi connectivity index (χ2v) is 9.32. The molecular formula is C18H24INO7S. The number of carbonyl (C=O) groups excluding carboxylic acids is 2. The molecule has 0 saturated heterocycles. The SMILES string of the molecule is COC(=O)C1(C(=O)OC)CC(CNS(=O)(=O)c2ccc(OC)cc2)[C@H](CI)C1. The van der Waals surface area contributed by atoms with Crippen LogP contribution in [0.1, 0.15) is 12.8 Å². The molecule has 1 aromatic rings. The van der Waals surface area contributed by atoms with Gasteiger partial charge < -0.3 is 14.2 Å². The lowest BCUT2D eigenvalue weighted by Crippen LogP contribution is -2.39. The van der Waals surface area contributed by atoms with Gasteiger partial charge in [-0.3, -0.25) is 9.59 Å². The summed E-state index contributed by atoms with van der Waals surface area (Å²) in [5, 5.41) is 0. The van der Waals surface area contributed by atoms with Crippen LogP contribution in [0.4, 0.5) is 0 Å². The Morgan fingerprint density at radius 1 is 1.07 bits per heavy atom. The van der Waals surface area contributed by atoms with Crippen LogP contribution in [0.5, 0.6) is 5.75 Å².